The Morgan fingerprint density at radius 2 is 2.39 bits per heavy atom. The molecule has 0 spiro atoms. The first-order chi connectivity index (χ1) is 8.81. The van der Waals surface area contributed by atoms with Crippen molar-refractivity contribution in [3.8, 4) is 5.75 Å². The maximum Gasteiger partial charge on any atom is 0.167 e. The molecule has 2 aromatic rings. The molecule has 0 aliphatic carbocycles. The van der Waals surface area contributed by atoms with Gasteiger partial charge in [0.1, 0.15) is 0 Å². The highest BCUT2D eigenvalue weighted by molar-refractivity contribution is 5.89. The molecule has 18 heavy (non-hydrogen) atoms. The fraction of sp³-hybridized carbons (Fsp3) is 0.429. The summed E-state index contributed by atoms with van der Waals surface area (Å²) in [5.41, 5.74) is 3.15. The number of benzene rings is 1. The van der Waals surface area contributed by atoms with Gasteiger partial charge in [0.25, 0.3) is 0 Å². The minimum atomic E-state index is -0.255. The number of fused-ring (bicyclic) bond motifs is 3. The number of nitrogens with one attached hydrogen (secondary N) is 2. The predicted octanol–water partition coefficient (Wildman–Crippen LogP) is 2.39. The summed E-state index contributed by atoms with van der Waals surface area (Å²) in [6, 6.07) is 1.54. The Bertz CT molecular complexity index is 577. The lowest BCUT2D eigenvalue weighted by Crippen LogP contribution is -2.15. The van der Waals surface area contributed by atoms with Gasteiger partial charge in [-0.05, 0) is 25.1 Å². The van der Waals surface area contributed by atoms with Crippen LogP contribution in [0.3, 0.4) is 0 Å². The van der Waals surface area contributed by atoms with Crippen molar-refractivity contribution in [1.82, 2.24) is 10.3 Å². The van der Waals surface area contributed by atoms with E-state index in [0.29, 0.717) is 12.4 Å². The molecule has 1 aliphatic rings. The summed E-state index contributed by atoms with van der Waals surface area (Å²) in [4.78, 5) is 3.16. The molecular weight excluding hydrogens is 231 g/mol. The lowest BCUT2D eigenvalue weighted by Gasteiger charge is -2.05. The van der Waals surface area contributed by atoms with Gasteiger partial charge in [-0.3, -0.25) is 0 Å². The number of likely N-dealkylation sites (N-methyl/N-ethyl adjacent to an activating group) is 1. The van der Waals surface area contributed by atoms with Crippen LogP contribution >= 0.6 is 0 Å². The first-order valence-corrected chi connectivity index (χ1v) is 6.46. The Kier molecular flexibility index (Phi) is 2.96. The van der Waals surface area contributed by atoms with E-state index >= 15 is 0 Å². The van der Waals surface area contributed by atoms with Crippen molar-refractivity contribution < 1.29 is 9.13 Å². The molecule has 1 aromatic heterocycles. The number of aromatic nitrogens is 1. The molecule has 0 bridgehead atoms. The van der Waals surface area contributed by atoms with E-state index in [-0.39, 0.29) is 5.82 Å². The summed E-state index contributed by atoms with van der Waals surface area (Å²) in [5, 5.41) is 4.47. The lowest BCUT2D eigenvalue weighted by molar-refractivity contribution is 0.339. The molecule has 3 nitrogen and oxygen atoms in total. The third kappa shape index (κ3) is 1.77. The van der Waals surface area contributed by atoms with Crippen LogP contribution in [0.15, 0.2) is 12.3 Å². The molecule has 1 aromatic carbocycles. The zero-order chi connectivity index (χ0) is 12.5. The highest BCUT2D eigenvalue weighted by Gasteiger charge is 2.22. The molecule has 3 rings (SSSR count). The maximum atomic E-state index is 13.8. The van der Waals surface area contributed by atoms with Crippen molar-refractivity contribution in [1.29, 1.82) is 0 Å². The van der Waals surface area contributed by atoms with E-state index in [4.69, 9.17) is 4.74 Å². The predicted molar refractivity (Wildman–Crippen MR) is 69.7 cm³/mol. The quantitative estimate of drug-likeness (QED) is 0.815. The van der Waals surface area contributed by atoms with Gasteiger partial charge in [0.15, 0.2) is 11.6 Å². The van der Waals surface area contributed by atoms with Crippen molar-refractivity contribution in [3.63, 3.8) is 0 Å². The van der Waals surface area contributed by atoms with Gasteiger partial charge in [0.05, 0.1) is 6.61 Å². The summed E-state index contributed by atoms with van der Waals surface area (Å²) in [7, 11) is 0. The van der Waals surface area contributed by atoms with Gasteiger partial charge in [-0.25, -0.2) is 4.39 Å². The Morgan fingerprint density at radius 3 is 3.22 bits per heavy atom. The molecule has 0 saturated heterocycles. The molecule has 0 fully saturated rings. The second kappa shape index (κ2) is 4.61. The van der Waals surface area contributed by atoms with Crippen molar-refractivity contribution in [2.45, 2.75) is 19.8 Å². The van der Waals surface area contributed by atoms with E-state index in [0.717, 1.165) is 42.4 Å². The number of ether oxygens (including phenoxy) is 1. The molecule has 2 N–H and O–H groups in total. The standard InChI is InChI=1S/C14H17FN2O/c1-2-16-5-3-9-8-17-12-7-11(15)14-10(13(9)12)4-6-18-14/h7-8,16-17H,2-6H2,1H3. The molecule has 0 atom stereocenters. The van der Waals surface area contributed by atoms with E-state index in [1.165, 1.54) is 11.6 Å². The largest absolute Gasteiger partial charge is 0.490 e. The Morgan fingerprint density at radius 1 is 1.50 bits per heavy atom. The summed E-state index contributed by atoms with van der Waals surface area (Å²) < 4.78 is 19.2. The zero-order valence-corrected chi connectivity index (χ0v) is 10.5. The number of halogens is 1. The highest BCUT2D eigenvalue weighted by atomic mass is 19.1. The van der Waals surface area contributed by atoms with Gasteiger partial charge in [0, 0.05) is 35.2 Å². The fourth-order valence-electron chi connectivity index (χ4n) is 2.65. The van der Waals surface area contributed by atoms with Crippen molar-refractivity contribution in [2.75, 3.05) is 19.7 Å². The number of hydrogen-bond donors (Lipinski definition) is 2. The minimum absolute atomic E-state index is 0.255. The van der Waals surface area contributed by atoms with Crippen LogP contribution in [-0.4, -0.2) is 24.7 Å². The van der Waals surface area contributed by atoms with Gasteiger partial charge >= 0.3 is 0 Å². The average molecular weight is 248 g/mol. The lowest BCUT2D eigenvalue weighted by atomic mass is 10.0. The highest BCUT2D eigenvalue weighted by Crippen LogP contribution is 2.36. The van der Waals surface area contributed by atoms with Crippen molar-refractivity contribution in [2.24, 2.45) is 0 Å². The van der Waals surface area contributed by atoms with E-state index in [9.17, 15) is 4.39 Å². The molecule has 96 valence electrons. The van der Waals surface area contributed by atoms with Crippen molar-refractivity contribution >= 4 is 10.9 Å². The molecule has 0 unspecified atom stereocenters. The van der Waals surface area contributed by atoms with Gasteiger partial charge in [-0.15, -0.1) is 0 Å². The summed E-state index contributed by atoms with van der Waals surface area (Å²) in [6.07, 6.45) is 3.74. The molecule has 0 saturated carbocycles. The Balaban J connectivity index is 2.04. The number of hydrogen-bond acceptors (Lipinski definition) is 2. The van der Waals surface area contributed by atoms with Crippen LogP contribution in [0.2, 0.25) is 0 Å². The second-order valence-electron chi connectivity index (χ2n) is 4.60. The number of H-pyrrole nitrogens is 1. The number of aromatic amines is 1. The second-order valence-corrected chi connectivity index (χ2v) is 4.60. The van der Waals surface area contributed by atoms with E-state index in [1.54, 1.807) is 0 Å². The van der Waals surface area contributed by atoms with Crippen molar-refractivity contribution in [3.05, 3.63) is 29.2 Å². The third-order valence-corrected chi connectivity index (χ3v) is 3.48. The third-order valence-electron chi connectivity index (χ3n) is 3.48. The smallest absolute Gasteiger partial charge is 0.167 e. The molecule has 4 heteroatoms. The Hall–Kier alpha value is -1.55. The van der Waals surface area contributed by atoms with Gasteiger partial charge < -0.3 is 15.0 Å². The van der Waals surface area contributed by atoms with Gasteiger partial charge in [-0.1, -0.05) is 6.92 Å². The van der Waals surface area contributed by atoms with E-state index in [2.05, 4.69) is 17.2 Å². The monoisotopic (exact) mass is 248 g/mol. The topological polar surface area (TPSA) is 37.0 Å². The molecule has 2 heterocycles. The molecule has 0 amide bonds. The van der Waals surface area contributed by atoms with Crippen LogP contribution in [0.4, 0.5) is 4.39 Å². The summed E-state index contributed by atoms with van der Waals surface area (Å²) in [6.45, 7) is 4.59. The minimum Gasteiger partial charge on any atom is -0.490 e. The van der Waals surface area contributed by atoms with E-state index in [1.807, 2.05) is 6.20 Å². The SMILES string of the molecule is CCNCCc1c[nH]c2cc(F)c3c(c12)CCO3. The zero-order valence-electron chi connectivity index (χ0n) is 10.5. The van der Waals surface area contributed by atoms with Crippen LogP contribution in [0.25, 0.3) is 10.9 Å². The van der Waals surface area contributed by atoms with E-state index < -0.39 is 0 Å². The first-order valence-electron chi connectivity index (χ1n) is 6.46. The first kappa shape index (κ1) is 11.5. The van der Waals surface area contributed by atoms with Gasteiger partial charge in [-0.2, -0.15) is 0 Å². The Labute approximate surface area is 105 Å². The molecular formula is C14H17FN2O. The normalized spacial score (nSPS) is 13.9. The van der Waals surface area contributed by atoms with Gasteiger partial charge in [0.2, 0.25) is 0 Å². The molecule has 1 aliphatic heterocycles. The van der Waals surface area contributed by atoms with Crippen LogP contribution in [0, 0.1) is 5.82 Å². The number of rotatable bonds is 4. The maximum absolute atomic E-state index is 13.8. The average Bonchev–Trinajstić information content (AvgIpc) is 2.96. The van der Waals surface area contributed by atoms with Crippen LogP contribution in [0.5, 0.6) is 5.75 Å². The summed E-state index contributed by atoms with van der Waals surface area (Å²) in [5.74, 6) is 0.196. The van der Waals surface area contributed by atoms with Crippen LogP contribution in [-0.2, 0) is 12.8 Å². The van der Waals surface area contributed by atoms with Crippen LogP contribution < -0.4 is 10.1 Å². The summed E-state index contributed by atoms with van der Waals surface area (Å²) >= 11 is 0. The molecule has 0 radical (unpaired) electrons. The fourth-order valence-corrected chi connectivity index (χ4v) is 2.65. The van der Waals surface area contributed by atoms with Crippen LogP contribution in [0.1, 0.15) is 18.1 Å².